The second-order valence-electron chi connectivity index (χ2n) is 3.65. The maximum Gasteiger partial charge on any atom is 0.226 e. The van der Waals surface area contributed by atoms with Crippen LogP contribution in [0.1, 0.15) is 11.5 Å². The van der Waals surface area contributed by atoms with E-state index in [1.807, 2.05) is 6.92 Å². The zero-order valence-corrected chi connectivity index (χ0v) is 10.2. The standard InChI is InChI=1S/C10H9ClN6O/c1-5-6(15-4-18-5)2-12-8-7-9(14-3-13-7)17-10(11)16-8/h3-4H,2H2,1H3,(H2,12,13,14,16,17). The number of rotatable bonds is 3. The summed E-state index contributed by atoms with van der Waals surface area (Å²) in [6.07, 6.45) is 2.95. The Morgan fingerprint density at radius 3 is 3.06 bits per heavy atom. The van der Waals surface area contributed by atoms with Gasteiger partial charge in [-0.25, -0.2) is 9.97 Å². The van der Waals surface area contributed by atoms with E-state index >= 15 is 0 Å². The Labute approximate surface area is 107 Å². The van der Waals surface area contributed by atoms with Crippen LogP contribution in [0.2, 0.25) is 5.28 Å². The molecule has 0 saturated carbocycles. The smallest absolute Gasteiger partial charge is 0.226 e. The number of oxazole rings is 1. The van der Waals surface area contributed by atoms with E-state index in [1.165, 1.54) is 6.39 Å². The third-order valence-electron chi connectivity index (χ3n) is 2.53. The van der Waals surface area contributed by atoms with Gasteiger partial charge in [0, 0.05) is 0 Å². The summed E-state index contributed by atoms with van der Waals surface area (Å²) in [7, 11) is 0. The molecule has 8 heteroatoms. The lowest BCUT2D eigenvalue weighted by atomic mass is 10.3. The molecule has 3 aromatic heterocycles. The highest BCUT2D eigenvalue weighted by atomic mass is 35.5. The van der Waals surface area contributed by atoms with Crippen molar-refractivity contribution in [3.63, 3.8) is 0 Å². The van der Waals surface area contributed by atoms with Gasteiger partial charge in [-0.15, -0.1) is 0 Å². The molecule has 0 amide bonds. The van der Waals surface area contributed by atoms with Crippen molar-refractivity contribution in [3.05, 3.63) is 29.5 Å². The molecule has 3 heterocycles. The summed E-state index contributed by atoms with van der Waals surface area (Å²) in [5.74, 6) is 1.36. The van der Waals surface area contributed by atoms with Crippen LogP contribution in [0, 0.1) is 6.92 Å². The van der Waals surface area contributed by atoms with Crippen molar-refractivity contribution in [2.75, 3.05) is 5.32 Å². The number of imidazole rings is 1. The van der Waals surface area contributed by atoms with Gasteiger partial charge in [-0.2, -0.15) is 9.97 Å². The fourth-order valence-corrected chi connectivity index (χ4v) is 1.76. The van der Waals surface area contributed by atoms with E-state index in [0.29, 0.717) is 23.5 Å². The van der Waals surface area contributed by atoms with Crippen LogP contribution >= 0.6 is 11.6 Å². The highest BCUT2D eigenvalue weighted by Gasteiger charge is 2.10. The van der Waals surface area contributed by atoms with Gasteiger partial charge in [0.15, 0.2) is 17.9 Å². The van der Waals surface area contributed by atoms with Crippen LogP contribution in [0.25, 0.3) is 11.2 Å². The second-order valence-corrected chi connectivity index (χ2v) is 3.99. The number of aryl methyl sites for hydroxylation is 1. The van der Waals surface area contributed by atoms with Gasteiger partial charge in [0.25, 0.3) is 0 Å². The van der Waals surface area contributed by atoms with Gasteiger partial charge in [-0.1, -0.05) is 0 Å². The summed E-state index contributed by atoms with van der Waals surface area (Å²) in [4.78, 5) is 19.2. The molecule has 0 aliphatic carbocycles. The molecule has 0 atom stereocenters. The first-order chi connectivity index (χ1) is 8.74. The Kier molecular flexibility index (Phi) is 2.60. The van der Waals surface area contributed by atoms with Crippen LogP contribution in [0.4, 0.5) is 5.82 Å². The van der Waals surface area contributed by atoms with Crippen molar-refractivity contribution in [1.29, 1.82) is 0 Å². The van der Waals surface area contributed by atoms with E-state index in [2.05, 4.69) is 30.2 Å². The SMILES string of the molecule is Cc1ocnc1CNc1nc(Cl)nc2nc[nH]c12. The summed E-state index contributed by atoms with van der Waals surface area (Å²) < 4.78 is 5.12. The number of nitrogens with one attached hydrogen (secondary N) is 2. The Hall–Kier alpha value is -2.15. The number of nitrogens with zero attached hydrogens (tertiary/aromatic N) is 4. The fraction of sp³-hybridized carbons (Fsp3) is 0.200. The molecule has 0 aromatic carbocycles. The van der Waals surface area contributed by atoms with E-state index in [0.717, 1.165) is 11.5 Å². The summed E-state index contributed by atoms with van der Waals surface area (Å²) in [6, 6.07) is 0. The van der Waals surface area contributed by atoms with Crippen molar-refractivity contribution in [3.8, 4) is 0 Å². The third-order valence-corrected chi connectivity index (χ3v) is 2.70. The van der Waals surface area contributed by atoms with Crippen molar-refractivity contribution in [2.45, 2.75) is 13.5 Å². The highest BCUT2D eigenvalue weighted by Crippen LogP contribution is 2.19. The molecule has 92 valence electrons. The maximum absolute atomic E-state index is 5.82. The number of fused-ring (bicyclic) bond motifs is 1. The van der Waals surface area contributed by atoms with Crippen LogP contribution in [0.5, 0.6) is 0 Å². The highest BCUT2D eigenvalue weighted by molar-refractivity contribution is 6.28. The second kappa shape index (κ2) is 4.26. The van der Waals surface area contributed by atoms with Crippen molar-refractivity contribution < 1.29 is 4.42 Å². The number of hydrogen-bond donors (Lipinski definition) is 2. The number of aromatic nitrogens is 5. The molecule has 18 heavy (non-hydrogen) atoms. The molecule has 0 aliphatic heterocycles. The average Bonchev–Trinajstić information content (AvgIpc) is 2.94. The molecule has 2 N–H and O–H groups in total. The molecule has 0 spiro atoms. The lowest BCUT2D eigenvalue weighted by Gasteiger charge is -2.04. The topological polar surface area (TPSA) is 92.5 Å². The zero-order valence-electron chi connectivity index (χ0n) is 9.44. The van der Waals surface area contributed by atoms with Gasteiger partial charge in [-0.05, 0) is 18.5 Å². The largest absolute Gasteiger partial charge is 0.448 e. The van der Waals surface area contributed by atoms with Crippen LogP contribution in [-0.4, -0.2) is 24.9 Å². The molecule has 3 rings (SSSR count). The van der Waals surface area contributed by atoms with E-state index in [-0.39, 0.29) is 5.28 Å². The molecule has 0 radical (unpaired) electrons. The number of anilines is 1. The molecule has 0 aliphatic rings. The number of halogens is 1. The lowest BCUT2D eigenvalue weighted by molar-refractivity contribution is 0.524. The van der Waals surface area contributed by atoms with Crippen molar-refractivity contribution >= 4 is 28.6 Å². The third kappa shape index (κ3) is 1.88. The monoisotopic (exact) mass is 264 g/mol. The number of H-pyrrole nitrogens is 1. The Bertz CT molecular complexity index is 691. The number of aromatic amines is 1. The van der Waals surface area contributed by atoms with Gasteiger partial charge >= 0.3 is 0 Å². The van der Waals surface area contributed by atoms with Gasteiger partial charge in [0.05, 0.1) is 12.9 Å². The molecule has 0 saturated heterocycles. The molecule has 0 fully saturated rings. The summed E-state index contributed by atoms with van der Waals surface area (Å²) in [5.41, 5.74) is 2.05. The lowest BCUT2D eigenvalue weighted by Crippen LogP contribution is -2.04. The van der Waals surface area contributed by atoms with Crippen molar-refractivity contribution in [1.82, 2.24) is 24.9 Å². The Balaban J connectivity index is 1.90. The summed E-state index contributed by atoms with van der Waals surface area (Å²) in [6.45, 7) is 2.34. The van der Waals surface area contributed by atoms with E-state index < -0.39 is 0 Å². The van der Waals surface area contributed by atoms with Crippen LogP contribution in [-0.2, 0) is 6.54 Å². The Morgan fingerprint density at radius 2 is 2.28 bits per heavy atom. The summed E-state index contributed by atoms with van der Waals surface area (Å²) >= 11 is 5.82. The van der Waals surface area contributed by atoms with Gasteiger partial charge in [0.2, 0.25) is 5.28 Å². The van der Waals surface area contributed by atoms with Gasteiger partial charge in [-0.3, -0.25) is 0 Å². The zero-order chi connectivity index (χ0) is 12.5. The molecule has 0 bridgehead atoms. The molecular formula is C10H9ClN6O. The normalized spacial score (nSPS) is 11.0. The minimum atomic E-state index is 0.147. The van der Waals surface area contributed by atoms with E-state index in [9.17, 15) is 0 Å². The first-order valence-corrected chi connectivity index (χ1v) is 5.61. The molecule has 7 nitrogen and oxygen atoms in total. The summed E-state index contributed by atoms with van der Waals surface area (Å²) in [5, 5.41) is 3.28. The Morgan fingerprint density at radius 1 is 1.39 bits per heavy atom. The first kappa shape index (κ1) is 11.0. The first-order valence-electron chi connectivity index (χ1n) is 5.23. The van der Waals surface area contributed by atoms with Crippen LogP contribution < -0.4 is 5.32 Å². The van der Waals surface area contributed by atoms with Gasteiger partial charge in [0.1, 0.15) is 17.0 Å². The van der Waals surface area contributed by atoms with E-state index in [1.54, 1.807) is 6.33 Å². The van der Waals surface area contributed by atoms with Crippen molar-refractivity contribution in [2.24, 2.45) is 0 Å². The fourth-order valence-electron chi connectivity index (χ4n) is 1.60. The van der Waals surface area contributed by atoms with E-state index in [4.69, 9.17) is 16.0 Å². The van der Waals surface area contributed by atoms with Gasteiger partial charge < -0.3 is 14.7 Å². The predicted molar refractivity (Wildman–Crippen MR) is 65.3 cm³/mol. The van der Waals surface area contributed by atoms with Crippen LogP contribution in [0.3, 0.4) is 0 Å². The van der Waals surface area contributed by atoms with Crippen LogP contribution in [0.15, 0.2) is 17.1 Å². The quantitative estimate of drug-likeness (QED) is 0.702. The minimum Gasteiger partial charge on any atom is -0.448 e. The molecule has 3 aromatic rings. The minimum absolute atomic E-state index is 0.147. The average molecular weight is 265 g/mol. The molecule has 0 unspecified atom stereocenters. The maximum atomic E-state index is 5.82. The molecular weight excluding hydrogens is 256 g/mol. The predicted octanol–water partition coefficient (Wildman–Crippen LogP) is 1.91. The number of hydrogen-bond acceptors (Lipinski definition) is 6.